The molecule has 666 valence electrons. The molecule has 6 unspecified atom stereocenters. The van der Waals surface area contributed by atoms with Crippen LogP contribution in [0.25, 0.3) is 21.9 Å². The van der Waals surface area contributed by atoms with Crippen molar-refractivity contribution >= 4 is 34.6 Å². The summed E-state index contributed by atoms with van der Waals surface area (Å²) in [6, 6.07) is 69.2. The summed E-state index contributed by atoms with van der Waals surface area (Å²) in [6.45, 7) is 35.3. The van der Waals surface area contributed by atoms with Crippen molar-refractivity contribution in [3.63, 3.8) is 0 Å². The number of rotatable bonds is 27. The molecule has 4 aromatic heterocycles. The predicted octanol–water partition coefficient (Wildman–Crippen LogP) is 24.0. The summed E-state index contributed by atoms with van der Waals surface area (Å²) in [5.74, 6) is 2.86. The van der Waals surface area contributed by atoms with E-state index in [1.165, 1.54) is 123 Å². The molecule has 4 heterocycles. The number of para-hydroxylation sites is 2. The fraction of sp³-hybridized carbons (Fsp3) is 0.412. The van der Waals surface area contributed by atoms with Crippen LogP contribution in [0.3, 0.4) is 0 Å². The van der Waals surface area contributed by atoms with E-state index in [4.69, 9.17) is 55.6 Å². The molecule has 20 heteroatoms. The average molecular weight is 1680 g/mol. The molecule has 0 bridgehead atoms. The number of carbonyl (C=O) groups excluding carboxylic acids is 4. The van der Waals surface area contributed by atoms with Gasteiger partial charge in [0.25, 0.3) is 0 Å². The first-order valence-corrected chi connectivity index (χ1v) is 43.1. The van der Waals surface area contributed by atoms with Crippen LogP contribution in [0.1, 0.15) is 221 Å². The number of furan rings is 4. The van der Waals surface area contributed by atoms with Crippen LogP contribution in [0, 0.1) is 24.2 Å². The highest BCUT2D eigenvalue weighted by Crippen LogP contribution is 2.51. The van der Waals surface area contributed by atoms with Crippen molar-refractivity contribution in [2.24, 2.45) is 17.3 Å². The molecule has 0 amide bonds. The number of carbonyl (C=O) groups is 4. The van der Waals surface area contributed by atoms with Gasteiger partial charge in [-0.3, -0.25) is 0 Å². The molecule has 2 saturated carbocycles. The molecule has 6 atom stereocenters. The molecule has 2 fully saturated rings. The van der Waals surface area contributed by atoms with Crippen molar-refractivity contribution in [2.45, 2.75) is 206 Å². The van der Waals surface area contributed by atoms with Crippen molar-refractivity contribution in [2.75, 3.05) is 52.9 Å². The average Bonchev–Trinajstić information content (AvgIpc) is 1.64. The van der Waals surface area contributed by atoms with E-state index in [1.807, 2.05) is 165 Å². The predicted molar refractivity (Wildman–Crippen MR) is 486 cm³/mol. The van der Waals surface area contributed by atoms with Crippen molar-refractivity contribution in [3.05, 3.63) is 289 Å². The molecule has 0 aliphatic heterocycles. The van der Waals surface area contributed by atoms with E-state index in [-0.39, 0.29) is 75.9 Å². The molecule has 13 rings (SSSR count). The van der Waals surface area contributed by atoms with Crippen molar-refractivity contribution in [3.8, 4) is 34.1 Å². The smallest absolute Gasteiger partial charge is 0.374 e. The van der Waals surface area contributed by atoms with Crippen LogP contribution in [-0.4, -0.2) is 122 Å². The zero-order valence-corrected chi connectivity index (χ0v) is 75.2. The summed E-state index contributed by atoms with van der Waals surface area (Å²) >= 11 is 0. The Morgan fingerprint density at radius 3 is 0.959 bits per heavy atom. The highest BCUT2D eigenvalue weighted by Gasteiger charge is 2.39. The third kappa shape index (κ3) is 44.4. The summed E-state index contributed by atoms with van der Waals surface area (Å²) in [7, 11) is 0. The number of aliphatic hydroxyl groups excluding tert-OH is 4. The largest absolute Gasteiger partial charge is 0.491 e. The second kappa shape index (κ2) is 65.6. The van der Waals surface area contributed by atoms with Crippen LogP contribution in [0.4, 0.5) is 0 Å². The molecule has 2 aliphatic rings. The van der Waals surface area contributed by atoms with Gasteiger partial charge in [-0.25, -0.2) is 19.2 Å². The Balaban J connectivity index is 0.000000485. The van der Waals surface area contributed by atoms with Crippen LogP contribution >= 0.6 is 0 Å². The minimum absolute atomic E-state index is 0.0272. The van der Waals surface area contributed by atoms with Crippen molar-refractivity contribution in [1.82, 2.24) is 0 Å². The van der Waals surface area contributed by atoms with Crippen LogP contribution in [0.5, 0.6) is 23.0 Å². The molecule has 11 aromatic rings. The second-order valence-corrected chi connectivity index (χ2v) is 28.0. The van der Waals surface area contributed by atoms with E-state index in [2.05, 4.69) is 104 Å². The quantitative estimate of drug-likeness (QED) is 0.0275. The van der Waals surface area contributed by atoms with Crippen molar-refractivity contribution < 1.29 is 95.2 Å². The van der Waals surface area contributed by atoms with Crippen LogP contribution in [0.15, 0.2) is 267 Å². The van der Waals surface area contributed by atoms with Gasteiger partial charge >= 0.3 is 23.9 Å². The maximum Gasteiger partial charge on any atom is 0.374 e. The lowest BCUT2D eigenvalue weighted by atomic mass is 9.82. The van der Waals surface area contributed by atoms with Gasteiger partial charge in [-0.05, 0) is 168 Å². The number of esters is 4. The van der Waals surface area contributed by atoms with Gasteiger partial charge in [0.05, 0.1) is 25.1 Å². The number of aryl methyl sites for hydroxylation is 3. The molecule has 2 aliphatic carbocycles. The SMILES string of the molecule is CC.CC.CC.CC.CC1(C)CC2CCCCC2C1.CCC.CCC.CCc1ccc(-c2ccc(CC)cc2)cc1.Cc1ccc(OCC(O)COC(=O)c2ccco2)cc1.O=C(OCC(O)COc1cccc2ccccc12)c1ccco1.O=C(OCC(O)COc1ccccc1)c1ccco1.O=C(OCC(O)COc1ccccc1)c1ccco1. The molecule has 0 spiro atoms. The van der Waals surface area contributed by atoms with Crippen LogP contribution in [0.2, 0.25) is 0 Å². The van der Waals surface area contributed by atoms with Gasteiger partial charge in [-0.15, -0.1) is 0 Å². The highest BCUT2D eigenvalue weighted by molar-refractivity contribution is 5.89. The van der Waals surface area contributed by atoms with Crippen molar-refractivity contribution in [1.29, 1.82) is 0 Å². The van der Waals surface area contributed by atoms with Gasteiger partial charge < -0.3 is 76.0 Å². The lowest BCUT2D eigenvalue weighted by Gasteiger charge is -2.24. The molecule has 122 heavy (non-hydrogen) atoms. The Hall–Kier alpha value is -11.2. The fourth-order valence-corrected chi connectivity index (χ4v) is 11.7. The first-order chi connectivity index (χ1) is 59.2. The second-order valence-electron chi connectivity index (χ2n) is 28.0. The van der Waals surface area contributed by atoms with E-state index in [9.17, 15) is 39.6 Å². The molecule has 20 nitrogen and oxygen atoms in total. The third-order valence-corrected chi connectivity index (χ3v) is 17.3. The lowest BCUT2D eigenvalue weighted by molar-refractivity contribution is 0.0103. The fourth-order valence-electron chi connectivity index (χ4n) is 11.7. The number of benzene rings is 7. The van der Waals surface area contributed by atoms with Gasteiger partial charge in [0.2, 0.25) is 23.0 Å². The number of fused-ring (bicyclic) bond motifs is 2. The first-order valence-electron chi connectivity index (χ1n) is 43.1. The topological polar surface area (TPSA) is 276 Å². The van der Waals surface area contributed by atoms with Gasteiger partial charge in [-0.2, -0.15) is 0 Å². The first kappa shape index (κ1) is 107. The van der Waals surface area contributed by atoms with Gasteiger partial charge in [0.15, 0.2) is 0 Å². The minimum Gasteiger partial charge on any atom is -0.491 e. The molecular weight excluding hydrogens is 1550 g/mol. The molecule has 0 radical (unpaired) electrons. The van der Waals surface area contributed by atoms with E-state index >= 15 is 0 Å². The summed E-state index contributed by atoms with van der Waals surface area (Å²) in [4.78, 5) is 45.9. The van der Waals surface area contributed by atoms with Gasteiger partial charge in [-0.1, -0.05) is 288 Å². The normalized spacial score (nSPS) is 13.5. The van der Waals surface area contributed by atoms with E-state index in [1.54, 1.807) is 48.5 Å². The Bertz CT molecular complexity index is 4150. The Kier molecular flexibility index (Phi) is 57.5. The van der Waals surface area contributed by atoms with Crippen LogP contribution < -0.4 is 18.9 Å². The third-order valence-electron chi connectivity index (χ3n) is 17.3. The Morgan fingerprint density at radius 1 is 0.352 bits per heavy atom. The summed E-state index contributed by atoms with van der Waals surface area (Å²) in [6.07, 6.45) is 15.8. The van der Waals surface area contributed by atoms with E-state index in [0.29, 0.717) is 28.4 Å². The zero-order valence-electron chi connectivity index (χ0n) is 75.2. The van der Waals surface area contributed by atoms with Gasteiger partial charge in [0.1, 0.15) is 100 Å². The molecule has 4 N–H and O–H groups in total. The summed E-state index contributed by atoms with van der Waals surface area (Å²) in [5.41, 5.74) is 7.22. The number of ether oxygens (including phenoxy) is 8. The molecule has 0 saturated heterocycles. The maximum absolute atomic E-state index is 11.6. The highest BCUT2D eigenvalue weighted by atomic mass is 16.6. The number of hydrogen-bond acceptors (Lipinski definition) is 20. The van der Waals surface area contributed by atoms with Crippen LogP contribution in [-0.2, 0) is 31.8 Å². The number of hydrogen-bond donors (Lipinski definition) is 4. The number of aliphatic hydroxyl groups is 4. The lowest BCUT2D eigenvalue weighted by Crippen LogP contribution is -2.25. The minimum atomic E-state index is -0.923. The van der Waals surface area contributed by atoms with Gasteiger partial charge in [0, 0.05) is 5.39 Å². The summed E-state index contributed by atoms with van der Waals surface area (Å²) < 4.78 is 60.8. The zero-order chi connectivity index (χ0) is 90.1. The Labute approximate surface area is 725 Å². The Morgan fingerprint density at radius 2 is 0.648 bits per heavy atom. The molecule has 7 aromatic carbocycles. The van der Waals surface area contributed by atoms with E-state index in [0.717, 1.165) is 41.0 Å². The van der Waals surface area contributed by atoms with E-state index < -0.39 is 48.3 Å². The monoisotopic (exact) mass is 1680 g/mol. The maximum atomic E-state index is 11.6. The summed E-state index contributed by atoms with van der Waals surface area (Å²) in [5, 5.41) is 40.8. The standard InChI is InChI=1S/C18H16O5.C16H18.C15H16O5.2C14H14O5.C11H20.2C3H8.4C2H6/c19-14(12-23-18(20)17-9-4-10-21-17)11-22-16-8-3-6-13-5-1-2-7-15(13)16;1-3-13-5-9-15(10-6-13)16-11-7-14(4-2)8-12-16;1-11-4-6-13(7-5-11)19-9-12(16)10-20-15(17)14-3-2-8-18-14;2*15-11(9-18-12-5-2-1-3-6-12)10-19-14(16)13-7-4-8-17-13;1-11(2)7-9-5-3-4-6-10(9)8-11;2*1-3-2;4*1-2/h1-10,14,19H,11-12H2;5-12H,3-4H2,1-2H3;2-8,12,16H,9-10H2,1H3;2*1-8,11,15H,9-10H2;9-10H,3-8H2,1-2H3;2*3H2,1-2H3;4*1-2H3. The molecular formula is C102H138O20.